The summed E-state index contributed by atoms with van der Waals surface area (Å²) in [6, 6.07) is 8.90. The molecule has 2 rings (SSSR count). The first-order valence-electron chi connectivity index (χ1n) is 9.76. The molecule has 0 aliphatic carbocycles. The van der Waals surface area contributed by atoms with Crippen LogP contribution in [0, 0.1) is 17.2 Å². The van der Waals surface area contributed by atoms with Crippen molar-refractivity contribution in [1.29, 1.82) is 5.26 Å². The Morgan fingerprint density at radius 2 is 2.16 bits per heavy atom. The largest absolute Gasteiger partial charge is 0.468 e. The van der Waals surface area contributed by atoms with Crippen LogP contribution in [-0.4, -0.2) is 55.8 Å². The first kappa shape index (κ1) is 24.2. The molecule has 1 aliphatic heterocycles. The Labute approximate surface area is 185 Å². The molecule has 2 atom stereocenters. The fraction of sp³-hybridized carbons (Fsp3) is 0.409. The van der Waals surface area contributed by atoms with Crippen molar-refractivity contribution < 1.29 is 23.9 Å². The highest BCUT2D eigenvalue weighted by atomic mass is 32.2. The van der Waals surface area contributed by atoms with E-state index in [4.69, 9.17) is 9.47 Å². The molecule has 0 saturated carbocycles. The minimum atomic E-state index is -0.816. The minimum Gasteiger partial charge on any atom is -0.468 e. The number of rotatable bonds is 10. The van der Waals surface area contributed by atoms with Crippen molar-refractivity contribution in [1.82, 2.24) is 5.32 Å². The SMILES string of the molecule is CCOC(=O)C1=C(CSCCNC=O)N=C(C)C(C(=O)OC)C1c1cccc(C#N)c1. The Morgan fingerprint density at radius 1 is 1.39 bits per heavy atom. The minimum absolute atomic E-state index is 0.169. The van der Waals surface area contributed by atoms with Crippen LogP contribution >= 0.6 is 11.8 Å². The van der Waals surface area contributed by atoms with Gasteiger partial charge in [0.15, 0.2) is 0 Å². The summed E-state index contributed by atoms with van der Waals surface area (Å²) in [4.78, 5) is 40.7. The van der Waals surface area contributed by atoms with E-state index in [1.165, 1.54) is 18.9 Å². The van der Waals surface area contributed by atoms with E-state index in [1.54, 1.807) is 38.1 Å². The number of hydrogen-bond acceptors (Lipinski definition) is 8. The standard InChI is InChI=1S/C22H25N3O5S/c1-4-30-22(28)20-17(12-31-9-8-24-13-26)25-14(2)18(21(27)29-3)19(20)16-7-5-6-15(10-16)11-23/h5-7,10,13,18-19H,4,8-9,12H2,1-3H3,(H,24,26). The van der Waals surface area contributed by atoms with Crippen molar-refractivity contribution >= 4 is 35.8 Å². The molecule has 1 aromatic rings. The first-order valence-corrected chi connectivity index (χ1v) is 10.9. The van der Waals surface area contributed by atoms with Crippen LogP contribution in [0.1, 0.15) is 30.9 Å². The predicted octanol–water partition coefficient (Wildman–Crippen LogP) is 2.20. The van der Waals surface area contributed by atoms with Crippen LogP contribution in [0.5, 0.6) is 0 Å². The van der Waals surface area contributed by atoms with Gasteiger partial charge in [-0.15, -0.1) is 0 Å². The van der Waals surface area contributed by atoms with E-state index in [1.807, 2.05) is 0 Å². The number of carbonyl (C=O) groups is 3. The van der Waals surface area contributed by atoms with Gasteiger partial charge >= 0.3 is 11.9 Å². The molecule has 0 aromatic heterocycles. The topological polar surface area (TPSA) is 118 Å². The lowest BCUT2D eigenvalue weighted by atomic mass is 9.75. The maximum absolute atomic E-state index is 13.0. The summed E-state index contributed by atoms with van der Waals surface area (Å²) >= 11 is 1.50. The molecule has 31 heavy (non-hydrogen) atoms. The zero-order chi connectivity index (χ0) is 22.8. The van der Waals surface area contributed by atoms with Crippen molar-refractivity contribution in [2.75, 3.05) is 31.8 Å². The van der Waals surface area contributed by atoms with Gasteiger partial charge in [-0.1, -0.05) is 12.1 Å². The molecule has 0 radical (unpaired) electrons. The Bertz CT molecular complexity index is 935. The molecule has 1 aromatic carbocycles. The molecule has 1 amide bonds. The number of thioether (sulfide) groups is 1. The number of ether oxygens (including phenoxy) is 2. The molecule has 1 N–H and O–H groups in total. The third-order valence-corrected chi connectivity index (χ3v) is 5.73. The number of nitrogens with zero attached hydrogens (tertiary/aromatic N) is 2. The van der Waals surface area contributed by atoms with Crippen LogP contribution in [0.4, 0.5) is 0 Å². The van der Waals surface area contributed by atoms with Crippen LogP contribution < -0.4 is 5.32 Å². The van der Waals surface area contributed by atoms with Crippen molar-refractivity contribution in [3.63, 3.8) is 0 Å². The normalized spacial score (nSPS) is 17.9. The van der Waals surface area contributed by atoms with Crippen LogP contribution in [0.3, 0.4) is 0 Å². The summed E-state index contributed by atoms with van der Waals surface area (Å²) in [5.74, 6) is -1.56. The number of methoxy groups -OCH3 is 1. The predicted molar refractivity (Wildman–Crippen MR) is 118 cm³/mol. The molecule has 9 heteroatoms. The van der Waals surface area contributed by atoms with Crippen LogP contribution in [0.2, 0.25) is 0 Å². The van der Waals surface area contributed by atoms with Gasteiger partial charge < -0.3 is 14.8 Å². The smallest absolute Gasteiger partial charge is 0.336 e. The highest BCUT2D eigenvalue weighted by molar-refractivity contribution is 7.99. The molecule has 0 saturated heterocycles. The van der Waals surface area contributed by atoms with Gasteiger partial charge in [0.1, 0.15) is 5.92 Å². The Morgan fingerprint density at radius 3 is 2.81 bits per heavy atom. The van der Waals surface area contributed by atoms with Crippen molar-refractivity contribution in [2.24, 2.45) is 10.9 Å². The number of carbonyl (C=O) groups excluding carboxylic acids is 3. The van der Waals surface area contributed by atoms with Gasteiger partial charge in [0.05, 0.1) is 36.6 Å². The van der Waals surface area contributed by atoms with Gasteiger partial charge in [0.25, 0.3) is 0 Å². The average Bonchev–Trinajstić information content (AvgIpc) is 2.78. The van der Waals surface area contributed by atoms with Gasteiger partial charge in [-0.05, 0) is 31.5 Å². The molecule has 0 spiro atoms. The number of nitrogens with one attached hydrogen (secondary N) is 1. The summed E-state index contributed by atoms with van der Waals surface area (Å²) in [5.41, 5.74) is 2.37. The monoisotopic (exact) mass is 443 g/mol. The van der Waals surface area contributed by atoms with E-state index in [0.717, 1.165) is 0 Å². The fourth-order valence-corrected chi connectivity index (χ4v) is 4.27. The Hall–Kier alpha value is -3.12. The number of nitriles is 1. The molecule has 8 nitrogen and oxygen atoms in total. The van der Waals surface area contributed by atoms with Gasteiger partial charge in [-0.2, -0.15) is 17.0 Å². The molecular formula is C22H25N3O5S. The van der Waals surface area contributed by atoms with Gasteiger partial charge in [0.2, 0.25) is 6.41 Å². The molecule has 1 aliphatic rings. The molecule has 0 bridgehead atoms. The highest BCUT2D eigenvalue weighted by Gasteiger charge is 2.42. The summed E-state index contributed by atoms with van der Waals surface area (Å²) in [7, 11) is 1.29. The average molecular weight is 444 g/mol. The Kier molecular flexibility index (Phi) is 9.28. The lowest BCUT2D eigenvalue weighted by Gasteiger charge is -2.32. The van der Waals surface area contributed by atoms with Crippen molar-refractivity contribution in [3.05, 3.63) is 46.7 Å². The first-order chi connectivity index (χ1) is 15.0. The molecule has 0 fully saturated rings. The molecule has 2 unspecified atom stereocenters. The lowest BCUT2D eigenvalue weighted by Crippen LogP contribution is -2.36. The number of hydrogen-bond donors (Lipinski definition) is 1. The fourth-order valence-electron chi connectivity index (χ4n) is 3.45. The number of esters is 2. The molecular weight excluding hydrogens is 418 g/mol. The molecule has 164 valence electrons. The van der Waals surface area contributed by atoms with Gasteiger partial charge in [-0.3, -0.25) is 14.6 Å². The maximum atomic E-state index is 13.0. The van der Waals surface area contributed by atoms with Crippen molar-refractivity contribution in [2.45, 2.75) is 19.8 Å². The van der Waals surface area contributed by atoms with E-state index < -0.39 is 23.8 Å². The van der Waals surface area contributed by atoms with Crippen LogP contribution in [-0.2, 0) is 23.9 Å². The van der Waals surface area contributed by atoms with Gasteiger partial charge in [0, 0.05) is 29.7 Å². The number of amides is 1. The molecule has 1 heterocycles. The number of benzene rings is 1. The second-order valence-corrected chi connectivity index (χ2v) is 7.78. The third-order valence-electron chi connectivity index (χ3n) is 4.75. The summed E-state index contributed by atoms with van der Waals surface area (Å²) < 4.78 is 10.3. The summed E-state index contributed by atoms with van der Waals surface area (Å²) in [5, 5.41) is 11.9. The van der Waals surface area contributed by atoms with Crippen molar-refractivity contribution in [3.8, 4) is 6.07 Å². The van der Waals surface area contributed by atoms with Crippen LogP contribution in [0.15, 0.2) is 40.5 Å². The quantitative estimate of drug-likeness (QED) is 0.335. The Balaban J connectivity index is 2.58. The zero-order valence-corrected chi connectivity index (χ0v) is 18.5. The third kappa shape index (κ3) is 5.95. The number of aliphatic imine (C=N–C) groups is 1. The summed E-state index contributed by atoms with van der Waals surface area (Å²) in [6.45, 7) is 4.08. The van der Waals surface area contributed by atoms with E-state index in [2.05, 4.69) is 16.4 Å². The van der Waals surface area contributed by atoms with E-state index in [9.17, 15) is 19.6 Å². The highest BCUT2D eigenvalue weighted by Crippen LogP contribution is 2.41. The second kappa shape index (κ2) is 11.9. The second-order valence-electron chi connectivity index (χ2n) is 6.67. The van der Waals surface area contributed by atoms with Gasteiger partial charge in [-0.25, -0.2) is 4.79 Å². The maximum Gasteiger partial charge on any atom is 0.336 e. The lowest BCUT2D eigenvalue weighted by molar-refractivity contribution is -0.144. The summed E-state index contributed by atoms with van der Waals surface area (Å²) in [6.07, 6.45) is 0.631. The zero-order valence-electron chi connectivity index (χ0n) is 17.7. The van der Waals surface area contributed by atoms with E-state index in [0.29, 0.717) is 47.0 Å². The van der Waals surface area contributed by atoms with E-state index in [-0.39, 0.29) is 12.2 Å². The van der Waals surface area contributed by atoms with E-state index >= 15 is 0 Å². The van der Waals surface area contributed by atoms with Crippen LogP contribution in [0.25, 0.3) is 0 Å².